The fraction of sp³-hybridized carbons (Fsp3) is 0.0625. The Morgan fingerprint density at radius 3 is 2.64 bits per heavy atom. The molecule has 0 fully saturated rings. The van der Waals surface area contributed by atoms with Crippen molar-refractivity contribution in [2.24, 2.45) is 0 Å². The minimum absolute atomic E-state index is 0.0239. The second kappa shape index (κ2) is 6.67. The first-order chi connectivity index (χ1) is 11.9. The molecule has 0 aliphatic heterocycles. The maximum atomic E-state index is 13.0. The summed E-state index contributed by atoms with van der Waals surface area (Å²) in [5, 5.41) is 6.47. The average molecular weight is 411 g/mol. The van der Waals surface area contributed by atoms with Gasteiger partial charge in [-0.3, -0.25) is 4.79 Å². The Kier molecular flexibility index (Phi) is 4.58. The van der Waals surface area contributed by atoms with Crippen LogP contribution in [0.3, 0.4) is 0 Å². The zero-order chi connectivity index (χ0) is 18.0. The van der Waals surface area contributed by atoms with E-state index in [1.165, 1.54) is 35.3 Å². The summed E-state index contributed by atoms with van der Waals surface area (Å²) >= 11 is 2.86. The molecule has 3 rings (SSSR count). The number of pyridine rings is 1. The number of hydrogen-bond donors (Lipinski definition) is 1. The molecule has 1 amide bonds. The van der Waals surface area contributed by atoms with E-state index in [-0.39, 0.29) is 21.5 Å². The van der Waals surface area contributed by atoms with Crippen molar-refractivity contribution in [2.45, 2.75) is 6.18 Å². The van der Waals surface area contributed by atoms with Crippen LogP contribution in [0.1, 0.15) is 15.9 Å². The minimum Gasteiger partial charge on any atom is -0.322 e. The highest BCUT2D eigenvalue weighted by atomic mass is 79.9. The average Bonchev–Trinajstić information content (AvgIpc) is 3.10. The van der Waals surface area contributed by atoms with Gasteiger partial charge in [0.05, 0.1) is 11.1 Å². The van der Waals surface area contributed by atoms with Gasteiger partial charge in [-0.15, -0.1) is 0 Å². The van der Waals surface area contributed by atoms with Crippen LogP contribution in [0.15, 0.2) is 59.5 Å². The normalized spacial score (nSPS) is 11.4. The quantitative estimate of drug-likeness (QED) is 0.699. The lowest BCUT2D eigenvalue weighted by atomic mass is 10.1. The summed E-state index contributed by atoms with van der Waals surface area (Å²) < 4.78 is 40.2. The summed E-state index contributed by atoms with van der Waals surface area (Å²) in [6, 6.07) is 8.22. The van der Waals surface area contributed by atoms with Crippen LogP contribution < -0.4 is 5.32 Å². The smallest absolute Gasteiger partial charge is 0.322 e. The van der Waals surface area contributed by atoms with E-state index in [1.807, 2.05) is 0 Å². The molecule has 0 aliphatic rings. The number of benzene rings is 1. The van der Waals surface area contributed by atoms with Crippen molar-refractivity contribution in [3.63, 3.8) is 0 Å². The largest absolute Gasteiger partial charge is 0.417 e. The van der Waals surface area contributed by atoms with Crippen molar-refractivity contribution in [3.8, 4) is 5.82 Å². The van der Waals surface area contributed by atoms with E-state index in [0.717, 1.165) is 6.07 Å². The van der Waals surface area contributed by atoms with Gasteiger partial charge in [-0.2, -0.15) is 18.3 Å². The molecule has 2 aromatic heterocycles. The molecule has 1 aromatic carbocycles. The lowest BCUT2D eigenvalue weighted by molar-refractivity contribution is -0.138. The molecular weight excluding hydrogens is 401 g/mol. The molecule has 0 saturated carbocycles. The predicted molar refractivity (Wildman–Crippen MR) is 88.5 cm³/mol. The van der Waals surface area contributed by atoms with Crippen LogP contribution in [0.4, 0.5) is 18.9 Å². The number of aromatic nitrogens is 3. The highest BCUT2D eigenvalue weighted by Gasteiger charge is 2.33. The van der Waals surface area contributed by atoms with Gasteiger partial charge in [-0.25, -0.2) is 9.67 Å². The van der Waals surface area contributed by atoms with Gasteiger partial charge in [0.2, 0.25) is 0 Å². The number of halogens is 4. The lowest BCUT2D eigenvalue weighted by Crippen LogP contribution is -2.17. The monoisotopic (exact) mass is 410 g/mol. The van der Waals surface area contributed by atoms with Gasteiger partial charge in [0.1, 0.15) is 0 Å². The number of anilines is 1. The molecule has 25 heavy (non-hydrogen) atoms. The lowest BCUT2D eigenvalue weighted by Gasteiger charge is -2.13. The Bertz CT molecular complexity index is 910. The van der Waals surface area contributed by atoms with E-state index in [1.54, 1.807) is 18.3 Å². The highest BCUT2D eigenvalue weighted by Crippen LogP contribution is 2.36. The second-order valence-corrected chi connectivity index (χ2v) is 5.83. The fourth-order valence-electron chi connectivity index (χ4n) is 2.17. The Labute approximate surface area is 148 Å². The Hall–Kier alpha value is -2.68. The zero-order valence-electron chi connectivity index (χ0n) is 12.5. The van der Waals surface area contributed by atoms with Crippen LogP contribution >= 0.6 is 15.9 Å². The number of alkyl halides is 3. The number of nitrogens with one attached hydrogen (secondary N) is 1. The summed E-state index contributed by atoms with van der Waals surface area (Å²) in [6.07, 6.45) is 0.102. The Morgan fingerprint density at radius 1 is 1.16 bits per heavy atom. The third kappa shape index (κ3) is 3.71. The standard InChI is InChI=1S/C16H10BrF3N4O/c17-13-5-4-10(9-12(13)16(18,19)20)23-15(25)11-3-1-6-21-14(11)24-8-2-7-22-24/h1-9H,(H,23,25). The van der Waals surface area contributed by atoms with E-state index >= 15 is 0 Å². The van der Waals surface area contributed by atoms with Crippen LogP contribution in [-0.2, 0) is 6.18 Å². The van der Waals surface area contributed by atoms with Gasteiger partial charge in [-0.1, -0.05) is 15.9 Å². The van der Waals surface area contributed by atoms with Gasteiger partial charge < -0.3 is 5.32 Å². The van der Waals surface area contributed by atoms with Crippen LogP contribution in [0.25, 0.3) is 5.82 Å². The molecule has 0 spiro atoms. The van der Waals surface area contributed by atoms with Crippen molar-refractivity contribution in [2.75, 3.05) is 5.32 Å². The van der Waals surface area contributed by atoms with E-state index in [2.05, 4.69) is 31.3 Å². The number of nitrogens with zero attached hydrogens (tertiary/aromatic N) is 3. The highest BCUT2D eigenvalue weighted by molar-refractivity contribution is 9.10. The van der Waals surface area contributed by atoms with Crippen molar-refractivity contribution in [1.82, 2.24) is 14.8 Å². The molecule has 2 heterocycles. The van der Waals surface area contributed by atoms with Crippen LogP contribution in [-0.4, -0.2) is 20.7 Å². The second-order valence-electron chi connectivity index (χ2n) is 4.97. The van der Waals surface area contributed by atoms with Crippen LogP contribution in [0.2, 0.25) is 0 Å². The topological polar surface area (TPSA) is 59.8 Å². The molecule has 0 bridgehead atoms. The van der Waals surface area contributed by atoms with Crippen LogP contribution in [0.5, 0.6) is 0 Å². The van der Waals surface area contributed by atoms with Gasteiger partial charge in [0, 0.05) is 28.8 Å². The van der Waals surface area contributed by atoms with E-state index in [4.69, 9.17) is 0 Å². The Morgan fingerprint density at radius 2 is 1.96 bits per heavy atom. The van der Waals surface area contributed by atoms with E-state index in [9.17, 15) is 18.0 Å². The maximum absolute atomic E-state index is 13.0. The Balaban J connectivity index is 1.92. The maximum Gasteiger partial charge on any atom is 0.417 e. The minimum atomic E-state index is -4.53. The first-order valence-corrected chi connectivity index (χ1v) is 7.78. The van der Waals surface area contributed by atoms with Gasteiger partial charge in [-0.05, 0) is 36.4 Å². The summed E-state index contributed by atoms with van der Waals surface area (Å²) in [7, 11) is 0. The third-order valence-corrected chi connectivity index (χ3v) is 3.97. The van der Waals surface area contributed by atoms with Crippen molar-refractivity contribution < 1.29 is 18.0 Å². The fourth-order valence-corrected chi connectivity index (χ4v) is 2.64. The molecule has 1 N–H and O–H groups in total. The molecule has 128 valence electrons. The zero-order valence-corrected chi connectivity index (χ0v) is 14.0. The number of carbonyl (C=O) groups is 1. The van der Waals surface area contributed by atoms with E-state index < -0.39 is 17.6 Å². The predicted octanol–water partition coefficient (Wildman–Crippen LogP) is 4.30. The van der Waals surface area contributed by atoms with Gasteiger partial charge in [0.25, 0.3) is 5.91 Å². The van der Waals surface area contributed by atoms with Crippen molar-refractivity contribution in [3.05, 3.63) is 70.6 Å². The first kappa shape index (κ1) is 17.2. The molecule has 0 aliphatic carbocycles. The third-order valence-electron chi connectivity index (χ3n) is 3.28. The number of hydrogen-bond acceptors (Lipinski definition) is 3. The molecule has 5 nitrogen and oxygen atoms in total. The van der Waals surface area contributed by atoms with Crippen LogP contribution in [0, 0.1) is 0 Å². The van der Waals surface area contributed by atoms with Crippen molar-refractivity contribution >= 4 is 27.5 Å². The number of rotatable bonds is 3. The van der Waals surface area contributed by atoms with Gasteiger partial charge >= 0.3 is 6.18 Å². The summed E-state index contributed by atoms with van der Waals surface area (Å²) in [4.78, 5) is 16.6. The molecule has 0 atom stereocenters. The summed E-state index contributed by atoms with van der Waals surface area (Å²) in [5.74, 6) is -0.313. The molecule has 9 heteroatoms. The number of carbonyl (C=O) groups excluding carboxylic acids is 1. The molecule has 0 saturated heterocycles. The van der Waals surface area contributed by atoms with Crippen molar-refractivity contribution in [1.29, 1.82) is 0 Å². The van der Waals surface area contributed by atoms with Gasteiger partial charge in [0.15, 0.2) is 5.82 Å². The molecule has 0 unspecified atom stereocenters. The van der Waals surface area contributed by atoms with E-state index in [0.29, 0.717) is 0 Å². The molecule has 0 radical (unpaired) electrons. The first-order valence-electron chi connectivity index (χ1n) is 6.99. The summed E-state index contributed by atoms with van der Waals surface area (Å²) in [5.41, 5.74) is -0.665. The summed E-state index contributed by atoms with van der Waals surface area (Å²) in [6.45, 7) is 0. The SMILES string of the molecule is O=C(Nc1ccc(Br)c(C(F)(F)F)c1)c1cccnc1-n1cccn1. The molecule has 3 aromatic rings. The molecular formula is C16H10BrF3N4O. The number of amides is 1.